The van der Waals surface area contributed by atoms with Crippen LogP contribution in [0.25, 0.3) is 0 Å². The average Bonchev–Trinajstić information content (AvgIpc) is 2.62. The van der Waals surface area contributed by atoms with Gasteiger partial charge in [-0.2, -0.15) is 9.78 Å². The van der Waals surface area contributed by atoms with Crippen LogP contribution in [0.5, 0.6) is 0 Å². The molecular weight excluding hydrogens is 248 g/mol. The number of hydrogen-bond acceptors (Lipinski definition) is 3. The first-order chi connectivity index (χ1) is 6.63. The molecule has 0 amide bonds. The number of rotatable bonds is 3. The minimum absolute atomic E-state index is 0.338. The van der Waals surface area contributed by atoms with E-state index in [0.29, 0.717) is 17.9 Å². The monoisotopic (exact) mass is 260 g/mol. The first kappa shape index (κ1) is 11.2. The highest BCUT2D eigenvalue weighted by atomic mass is 79.9. The molecule has 1 aromatic rings. The van der Waals surface area contributed by atoms with Crippen molar-refractivity contribution >= 4 is 22.0 Å². The molecule has 0 saturated heterocycles. The quantitative estimate of drug-likeness (QED) is 0.785. The van der Waals surface area contributed by atoms with E-state index in [1.807, 2.05) is 13.8 Å². The Labute approximate surface area is 91.4 Å². The molecule has 0 fully saturated rings. The fraction of sp³-hybridized carbons (Fsp3) is 0.556. The molecule has 0 bridgehead atoms. The highest BCUT2D eigenvalue weighted by Crippen LogP contribution is 2.02. The molecule has 78 valence electrons. The smallest absolute Gasteiger partial charge is 0.434 e. The fourth-order valence-corrected chi connectivity index (χ4v) is 1.14. The van der Waals surface area contributed by atoms with Crippen molar-refractivity contribution < 1.29 is 9.53 Å². The second kappa shape index (κ2) is 5.14. The number of alkyl halides is 1. The van der Waals surface area contributed by atoms with Gasteiger partial charge in [0.15, 0.2) is 0 Å². The molecule has 1 aromatic heterocycles. The summed E-state index contributed by atoms with van der Waals surface area (Å²) in [7, 11) is 0. The Morgan fingerprint density at radius 3 is 2.93 bits per heavy atom. The van der Waals surface area contributed by atoms with Gasteiger partial charge < -0.3 is 4.74 Å². The molecule has 0 radical (unpaired) electrons. The molecule has 0 atom stereocenters. The third-order valence-corrected chi connectivity index (χ3v) is 2.08. The highest BCUT2D eigenvalue weighted by molar-refractivity contribution is 9.08. The summed E-state index contributed by atoms with van der Waals surface area (Å²) in [5.74, 6) is 0.338. The zero-order chi connectivity index (χ0) is 10.6. The summed E-state index contributed by atoms with van der Waals surface area (Å²) in [5, 5.41) is 4.64. The minimum Gasteiger partial charge on any atom is -0.448 e. The lowest BCUT2D eigenvalue weighted by atomic mass is 10.2. The molecule has 0 N–H and O–H groups in total. The van der Waals surface area contributed by atoms with Crippen LogP contribution in [-0.4, -0.2) is 22.5 Å². The van der Waals surface area contributed by atoms with Gasteiger partial charge in [0.1, 0.15) is 0 Å². The summed E-state index contributed by atoms with van der Waals surface area (Å²) < 4.78 is 6.20. The first-order valence-corrected chi connectivity index (χ1v) is 5.53. The Morgan fingerprint density at radius 2 is 2.43 bits per heavy atom. The zero-order valence-corrected chi connectivity index (χ0v) is 9.82. The van der Waals surface area contributed by atoms with E-state index < -0.39 is 6.09 Å². The van der Waals surface area contributed by atoms with Gasteiger partial charge in [-0.15, -0.1) is 0 Å². The molecule has 0 aliphatic carbocycles. The normalized spacial score (nSPS) is 10.6. The van der Waals surface area contributed by atoms with Crippen molar-refractivity contribution in [1.82, 2.24) is 9.78 Å². The van der Waals surface area contributed by atoms with Crippen LogP contribution in [0.4, 0.5) is 4.79 Å². The number of nitrogens with zero attached hydrogens (tertiary/aromatic N) is 2. The van der Waals surface area contributed by atoms with Crippen LogP contribution in [0.2, 0.25) is 0 Å². The Hall–Kier alpha value is -0.840. The van der Waals surface area contributed by atoms with Crippen LogP contribution in [0.1, 0.15) is 19.5 Å². The molecule has 0 unspecified atom stereocenters. The lowest BCUT2D eigenvalue weighted by molar-refractivity contribution is 0.131. The van der Waals surface area contributed by atoms with Crippen molar-refractivity contribution in [3.63, 3.8) is 0 Å². The Morgan fingerprint density at radius 1 is 1.71 bits per heavy atom. The number of ether oxygens (including phenoxy) is 1. The Kier molecular flexibility index (Phi) is 4.13. The third kappa shape index (κ3) is 3.14. The van der Waals surface area contributed by atoms with Gasteiger partial charge in [-0.3, -0.25) is 0 Å². The average molecular weight is 261 g/mol. The maximum absolute atomic E-state index is 11.3. The second-order valence-electron chi connectivity index (χ2n) is 3.36. The zero-order valence-electron chi connectivity index (χ0n) is 8.24. The van der Waals surface area contributed by atoms with E-state index in [1.54, 1.807) is 12.3 Å². The SMILES string of the molecule is CC(C)COC(=O)n1ccc(CBr)n1. The van der Waals surface area contributed by atoms with Gasteiger partial charge in [-0.05, 0) is 12.0 Å². The third-order valence-electron chi connectivity index (χ3n) is 1.51. The number of carbonyl (C=O) groups excluding carboxylic acids is 1. The minimum atomic E-state index is -0.425. The van der Waals surface area contributed by atoms with Gasteiger partial charge in [-0.25, -0.2) is 4.79 Å². The molecular formula is C9H13BrN2O2. The summed E-state index contributed by atoms with van der Waals surface area (Å²) in [6.45, 7) is 4.39. The number of carbonyl (C=O) groups is 1. The van der Waals surface area contributed by atoms with Crippen LogP contribution in [0.15, 0.2) is 12.3 Å². The van der Waals surface area contributed by atoms with Crippen LogP contribution in [0, 0.1) is 5.92 Å². The highest BCUT2D eigenvalue weighted by Gasteiger charge is 2.08. The predicted octanol–water partition coefficient (Wildman–Crippen LogP) is 2.42. The number of hydrogen-bond donors (Lipinski definition) is 0. The van der Waals surface area contributed by atoms with Crippen molar-refractivity contribution in [2.45, 2.75) is 19.2 Å². The second-order valence-corrected chi connectivity index (χ2v) is 3.92. The van der Waals surface area contributed by atoms with Crippen LogP contribution < -0.4 is 0 Å². The molecule has 0 saturated carbocycles. The summed E-state index contributed by atoms with van der Waals surface area (Å²) >= 11 is 3.25. The van der Waals surface area contributed by atoms with E-state index in [4.69, 9.17) is 4.74 Å². The summed E-state index contributed by atoms with van der Waals surface area (Å²) in [4.78, 5) is 11.3. The number of halogens is 1. The van der Waals surface area contributed by atoms with Crippen molar-refractivity contribution in [2.24, 2.45) is 5.92 Å². The Bertz CT molecular complexity index is 310. The molecule has 14 heavy (non-hydrogen) atoms. The topological polar surface area (TPSA) is 44.1 Å². The maximum Gasteiger partial charge on any atom is 0.434 e. The predicted molar refractivity (Wildman–Crippen MR) is 56.4 cm³/mol. The van der Waals surface area contributed by atoms with E-state index in [-0.39, 0.29) is 0 Å². The summed E-state index contributed by atoms with van der Waals surface area (Å²) in [5.41, 5.74) is 0.812. The lowest BCUT2D eigenvalue weighted by Gasteiger charge is -2.05. The van der Waals surface area contributed by atoms with Gasteiger partial charge in [0.2, 0.25) is 0 Å². The maximum atomic E-state index is 11.3. The van der Waals surface area contributed by atoms with Crippen molar-refractivity contribution in [3.05, 3.63) is 18.0 Å². The number of aromatic nitrogens is 2. The van der Waals surface area contributed by atoms with Gasteiger partial charge in [-0.1, -0.05) is 29.8 Å². The van der Waals surface area contributed by atoms with Crippen molar-refractivity contribution in [3.8, 4) is 0 Å². The lowest BCUT2D eigenvalue weighted by Crippen LogP contribution is -2.17. The van der Waals surface area contributed by atoms with Gasteiger partial charge in [0.25, 0.3) is 0 Å². The molecule has 0 spiro atoms. The van der Waals surface area contributed by atoms with Crippen molar-refractivity contribution in [2.75, 3.05) is 6.61 Å². The molecule has 5 heteroatoms. The van der Waals surface area contributed by atoms with E-state index in [9.17, 15) is 4.79 Å². The van der Waals surface area contributed by atoms with Crippen molar-refractivity contribution in [1.29, 1.82) is 0 Å². The van der Waals surface area contributed by atoms with Crippen LogP contribution in [-0.2, 0) is 10.1 Å². The largest absolute Gasteiger partial charge is 0.448 e. The van der Waals surface area contributed by atoms with Crippen LogP contribution in [0.3, 0.4) is 0 Å². The van der Waals surface area contributed by atoms with E-state index >= 15 is 0 Å². The summed E-state index contributed by atoms with van der Waals surface area (Å²) in [6, 6.07) is 1.77. The summed E-state index contributed by atoms with van der Waals surface area (Å²) in [6.07, 6.45) is 1.17. The standard InChI is InChI=1S/C9H13BrN2O2/c1-7(2)6-14-9(13)12-4-3-8(5-10)11-12/h3-4,7H,5-6H2,1-2H3. The first-order valence-electron chi connectivity index (χ1n) is 4.41. The van der Waals surface area contributed by atoms with Gasteiger partial charge in [0.05, 0.1) is 12.3 Å². The molecule has 1 heterocycles. The van der Waals surface area contributed by atoms with Crippen LogP contribution >= 0.6 is 15.9 Å². The fourth-order valence-electron chi connectivity index (χ4n) is 0.839. The van der Waals surface area contributed by atoms with E-state index in [2.05, 4.69) is 21.0 Å². The molecule has 1 rings (SSSR count). The molecule has 0 aliphatic heterocycles. The Balaban J connectivity index is 2.52. The van der Waals surface area contributed by atoms with E-state index in [1.165, 1.54) is 4.68 Å². The molecule has 4 nitrogen and oxygen atoms in total. The van der Waals surface area contributed by atoms with E-state index in [0.717, 1.165) is 5.69 Å². The molecule has 0 aliphatic rings. The van der Waals surface area contributed by atoms with Gasteiger partial charge >= 0.3 is 6.09 Å². The van der Waals surface area contributed by atoms with Gasteiger partial charge in [0, 0.05) is 11.5 Å². The molecule has 0 aromatic carbocycles.